The van der Waals surface area contributed by atoms with Crippen LogP contribution >= 0.6 is 17.0 Å². The second-order valence-electron chi connectivity index (χ2n) is 20.8. The predicted octanol–water partition coefficient (Wildman–Crippen LogP) is 15.7. The molecule has 0 fully saturated rings. The number of benzene rings is 6. The van der Waals surface area contributed by atoms with Gasteiger partial charge >= 0.3 is 399 Å². The van der Waals surface area contributed by atoms with E-state index < -0.39 is 25.9 Å². The molecule has 0 saturated heterocycles. The van der Waals surface area contributed by atoms with Gasteiger partial charge in [0.2, 0.25) is 0 Å². The molecule has 0 N–H and O–H groups in total. The molecule has 1 heterocycles. The Hall–Kier alpha value is -3.52. The van der Waals surface area contributed by atoms with Gasteiger partial charge in [0.25, 0.3) is 0 Å². The van der Waals surface area contributed by atoms with E-state index in [1.807, 2.05) is 0 Å². The molecule has 0 nitrogen and oxygen atoms in total. The van der Waals surface area contributed by atoms with E-state index in [2.05, 4.69) is 198 Å². The molecule has 2 unspecified atom stereocenters. The zero-order chi connectivity index (χ0) is 45.6. The van der Waals surface area contributed by atoms with Crippen LogP contribution in [0.3, 0.4) is 0 Å². The van der Waals surface area contributed by atoms with Crippen molar-refractivity contribution >= 4 is 52.3 Å². The van der Waals surface area contributed by atoms with E-state index in [9.17, 15) is 17.0 Å². The Morgan fingerprint density at radius 1 is 0.516 bits per heavy atom. The summed E-state index contributed by atoms with van der Waals surface area (Å²) in [4.78, 5) is 0. The minimum absolute atomic E-state index is 0.114. The van der Waals surface area contributed by atoms with Crippen molar-refractivity contribution in [2.45, 2.75) is 127 Å². The molecule has 64 heavy (non-hydrogen) atoms. The summed E-state index contributed by atoms with van der Waals surface area (Å²) in [6.07, 6.45) is 6.91. The Bertz CT molecular complexity index is 2720. The van der Waals surface area contributed by atoms with Crippen LogP contribution in [0.4, 0.5) is 0 Å². The van der Waals surface area contributed by atoms with Gasteiger partial charge in [0, 0.05) is 0 Å². The molecule has 329 valence electrons. The van der Waals surface area contributed by atoms with Gasteiger partial charge < -0.3 is 0 Å². The predicted molar refractivity (Wildman–Crippen MR) is 283 cm³/mol. The molecule has 6 aromatic carbocycles. The molecular weight excluding hydrogens is 911 g/mol. The van der Waals surface area contributed by atoms with Gasteiger partial charge in [-0.3, -0.25) is 0 Å². The minimum atomic E-state index is -5.62. The van der Waals surface area contributed by atoms with Crippen molar-refractivity contribution in [1.82, 2.24) is 0 Å². The van der Waals surface area contributed by atoms with Crippen LogP contribution in [0.15, 0.2) is 114 Å². The van der Waals surface area contributed by atoms with Crippen LogP contribution in [0.25, 0.3) is 45.5 Å². The topological polar surface area (TPSA) is 0 Å². The molecule has 2 aliphatic carbocycles. The molecule has 3 aliphatic rings. The van der Waals surface area contributed by atoms with E-state index in [1.54, 1.807) is 0 Å². The first-order valence-corrected chi connectivity index (χ1v) is 36.0. The Labute approximate surface area is 395 Å². The SMILES string of the molecule is CCc1ccc2c(c1-c1cc(C(C)C)cc(C(C)C)c1)C=C(C)[CH]2[Zr]([Cl])([Cl])([c]1cccc2c1[SiH2]c1ccccc1-2)[CH]1C(C)=Cc2c1ccc(CC)c2-c1cc(C(C)C)cc(C(C)C)c1. The fourth-order valence-electron chi connectivity index (χ4n) is 12.0. The van der Waals surface area contributed by atoms with E-state index in [0.29, 0.717) is 23.7 Å². The quantitative estimate of drug-likeness (QED) is 0.113. The number of hydrogen-bond donors (Lipinski definition) is 0. The van der Waals surface area contributed by atoms with Crippen molar-refractivity contribution in [3.63, 3.8) is 0 Å². The van der Waals surface area contributed by atoms with Crippen molar-refractivity contribution in [3.8, 4) is 33.4 Å². The third kappa shape index (κ3) is 7.23. The first-order valence-electron chi connectivity index (χ1n) is 24.2. The van der Waals surface area contributed by atoms with Gasteiger partial charge in [-0.15, -0.1) is 0 Å². The molecule has 4 heteroatoms. The summed E-state index contributed by atoms with van der Waals surface area (Å²) >= 11 is -5.62. The molecule has 0 amide bonds. The third-order valence-corrected chi connectivity index (χ3v) is 38.6. The Kier molecular flexibility index (Phi) is 12.1. The van der Waals surface area contributed by atoms with E-state index in [-0.39, 0.29) is 7.25 Å². The molecular formula is C60H67Cl2SiZr. The molecule has 2 atom stereocenters. The fourth-order valence-corrected chi connectivity index (χ4v) is 40.8. The van der Waals surface area contributed by atoms with Gasteiger partial charge in [-0.05, 0) is 0 Å². The fraction of sp³-hybridized carbons (Fsp3) is 0.333. The van der Waals surface area contributed by atoms with Gasteiger partial charge in [0.05, 0.1) is 0 Å². The number of halogens is 2. The monoisotopic (exact) mass is 975 g/mol. The summed E-state index contributed by atoms with van der Waals surface area (Å²) in [5.74, 6) is 1.71. The number of rotatable bonds is 11. The van der Waals surface area contributed by atoms with E-state index in [1.165, 1.54) is 114 Å². The third-order valence-electron chi connectivity index (χ3n) is 15.4. The number of hydrogen-bond acceptors (Lipinski definition) is 0. The molecule has 0 bridgehead atoms. The second kappa shape index (κ2) is 17.0. The number of fused-ring (bicyclic) bond motifs is 5. The van der Waals surface area contributed by atoms with Crippen molar-refractivity contribution < 1.29 is 16.4 Å². The summed E-state index contributed by atoms with van der Waals surface area (Å²) in [7, 11) is 17.8. The second-order valence-corrected chi connectivity index (χ2v) is 43.2. The Morgan fingerprint density at radius 2 is 0.938 bits per heavy atom. The zero-order valence-electron chi connectivity index (χ0n) is 40.3. The molecule has 0 aromatic heterocycles. The normalized spacial score (nSPS) is 17.5. The summed E-state index contributed by atoms with van der Waals surface area (Å²) in [6.45, 7) is 27.9. The van der Waals surface area contributed by atoms with E-state index >= 15 is 0 Å². The van der Waals surface area contributed by atoms with Gasteiger partial charge in [-0.25, -0.2) is 0 Å². The first-order chi connectivity index (χ1) is 30.5. The van der Waals surface area contributed by atoms with Crippen molar-refractivity contribution in [2.24, 2.45) is 0 Å². The van der Waals surface area contributed by atoms with Crippen molar-refractivity contribution in [3.05, 3.63) is 170 Å². The average molecular weight is 978 g/mol. The first kappa shape index (κ1) is 45.6. The van der Waals surface area contributed by atoms with Gasteiger partial charge in [0.15, 0.2) is 0 Å². The average Bonchev–Trinajstić information content (AvgIpc) is 3.95. The summed E-state index contributed by atoms with van der Waals surface area (Å²) in [5, 5.41) is 2.96. The van der Waals surface area contributed by atoms with E-state index in [4.69, 9.17) is 0 Å². The van der Waals surface area contributed by atoms with E-state index in [0.717, 1.165) is 12.8 Å². The van der Waals surface area contributed by atoms with Crippen LogP contribution < -0.4 is 13.6 Å². The Balaban J connectivity index is 1.35. The zero-order valence-corrected chi connectivity index (χ0v) is 45.7. The van der Waals surface area contributed by atoms with Gasteiger partial charge in [-0.1, -0.05) is 0 Å². The van der Waals surface area contributed by atoms with Crippen LogP contribution in [-0.2, 0) is 29.2 Å². The Morgan fingerprint density at radius 3 is 1.36 bits per heavy atom. The number of aryl methyl sites for hydroxylation is 2. The maximum absolute atomic E-state index is 9.33. The number of allylic oxidation sites excluding steroid dienone is 2. The van der Waals surface area contributed by atoms with Crippen molar-refractivity contribution in [1.29, 1.82) is 0 Å². The maximum atomic E-state index is 9.33. The van der Waals surface area contributed by atoms with Crippen LogP contribution in [0, 0.1) is 0 Å². The molecule has 6 aromatic rings. The summed E-state index contributed by atoms with van der Waals surface area (Å²) in [5.41, 5.74) is 24.3. The molecule has 0 radical (unpaired) electrons. The van der Waals surface area contributed by atoms with Gasteiger partial charge in [0.1, 0.15) is 0 Å². The van der Waals surface area contributed by atoms with Crippen LogP contribution in [-0.4, -0.2) is 9.52 Å². The summed E-state index contributed by atoms with van der Waals surface area (Å²) < 4.78 is 1.06. The summed E-state index contributed by atoms with van der Waals surface area (Å²) in [6, 6.07) is 40.5. The molecule has 0 saturated carbocycles. The molecule has 1 aliphatic heterocycles. The van der Waals surface area contributed by atoms with Crippen molar-refractivity contribution in [2.75, 3.05) is 0 Å². The standard InChI is InChI=1S/2C24H29.C12H9Si.2ClH.Zr/c2*1-7-18-8-9-19-10-17(6)11-23(19)24(18)22-13-20(15(2)3)12-21(14-22)16(4)5;1-3-7-11-9(5-1)10-6-2-4-8-12(10)13-11;;;/h2*8-16H,7H2,1-6H3;1-7H,13H2;2*1H;/q;;;;;+2/p-2. The van der Waals surface area contributed by atoms with Crippen LogP contribution in [0.2, 0.25) is 0 Å². The molecule has 0 spiro atoms. The van der Waals surface area contributed by atoms with Gasteiger partial charge in [-0.2, -0.15) is 0 Å². The van der Waals surface area contributed by atoms with Crippen LogP contribution in [0.1, 0.15) is 170 Å². The molecule has 9 rings (SSSR count). The van der Waals surface area contributed by atoms with Crippen LogP contribution in [0.5, 0.6) is 0 Å².